The Hall–Kier alpha value is -1.86. The van der Waals surface area contributed by atoms with E-state index < -0.39 is 30.3 Å². The summed E-state index contributed by atoms with van der Waals surface area (Å²) in [7, 11) is 0. The number of ketones is 1. The second-order valence-electron chi connectivity index (χ2n) is 4.14. The van der Waals surface area contributed by atoms with Crippen molar-refractivity contribution in [3.05, 3.63) is 28.0 Å². The number of hydrogen-bond acceptors (Lipinski definition) is 4. The summed E-state index contributed by atoms with van der Waals surface area (Å²) in [4.78, 5) is 22.4. The number of hydrogen-bond donors (Lipinski definition) is 3. The number of Topliss-reactive ketones (excluding diaryl/α,β-unsaturated/α-hetero) is 1. The number of nitrogens with one attached hydrogen (secondary N) is 1. The number of aliphatic hydroxyl groups is 1. The molecular formula is C13H15ClFNO5. The van der Waals surface area contributed by atoms with Gasteiger partial charge in [0.05, 0.1) is 35.4 Å². The van der Waals surface area contributed by atoms with Crippen molar-refractivity contribution in [2.24, 2.45) is 0 Å². The second-order valence-corrected chi connectivity index (χ2v) is 4.54. The number of carbonyl (C=O) groups excluding carboxylic acids is 1. The van der Waals surface area contributed by atoms with E-state index in [1.165, 1.54) is 6.92 Å². The van der Waals surface area contributed by atoms with Gasteiger partial charge in [-0.15, -0.1) is 0 Å². The van der Waals surface area contributed by atoms with E-state index in [2.05, 4.69) is 0 Å². The van der Waals surface area contributed by atoms with Crippen LogP contribution in [0.3, 0.4) is 0 Å². The molecule has 0 radical (unpaired) electrons. The molecule has 0 bridgehead atoms. The van der Waals surface area contributed by atoms with Crippen molar-refractivity contribution >= 4 is 23.5 Å². The molecule has 1 aromatic rings. The van der Waals surface area contributed by atoms with Crippen LogP contribution >= 0.6 is 11.6 Å². The maximum Gasteiger partial charge on any atom is 0.405 e. The Bertz CT molecular complexity index is 564. The van der Waals surface area contributed by atoms with Crippen LogP contribution in [-0.2, 0) is 0 Å². The van der Waals surface area contributed by atoms with E-state index in [1.54, 1.807) is 6.92 Å². The molecule has 0 saturated heterocycles. The van der Waals surface area contributed by atoms with Gasteiger partial charge in [0.1, 0.15) is 5.75 Å². The van der Waals surface area contributed by atoms with Crippen LogP contribution in [0.1, 0.15) is 35.8 Å². The van der Waals surface area contributed by atoms with Crippen LogP contribution in [0.5, 0.6) is 5.75 Å². The summed E-state index contributed by atoms with van der Waals surface area (Å²) >= 11 is 5.73. The van der Waals surface area contributed by atoms with Gasteiger partial charge in [0.15, 0.2) is 11.6 Å². The first-order chi connectivity index (χ1) is 9.83. The lowest BCUT2D eigenvalue weighted by Crippen LogP contribution is -2.30. The molecule has 0 aromatic heterocycles. The Balaban J connectivity index is 3.58. The number of aliphatic hydroxyl groups excluding tert-OH is 1. The van der Waals surface area contributed by atoms with Crippen LogP contribution in [0.4, 0.5) is 9.18 Å². The summed E-state index contributed by atoms with van der Waals surface area (Å²) in [6.45, 7) is 2.27. The Kier molecular flexibility index (Phi) is 5.92. The third-order valence-electron chi connectivity index (χ3n) is 2.70. The predicted octanol–water partition coefficient (Wildman–Crippen LogP) is 2.38. The minimum Gasteiger partial charge on any atom is -0.493 e. The average molecular weight is 320 g/mol. The number of halogens is 2. The second kappa shape index (κ2) is 7.24. The first-order valence-electron chi connectivity index (χ1n) is 6.09. The van der Waals surface area contributed by atoms with Crippen molar-refractivity contribution in [3.63, 3.8) is 0 Å². The van der Waals surface area contributed by atoms with Gasteiger partial charge in [-0.3, -0.25) is 4.79 Å². The van der Waals surface area contributed by atoms with E-state index in [1.807, 2.05) is 5.32 Å². The normalized spacial score (nSPS) is 11.9. The highest BCUT2D eigenvalue weighted by atomic mass is 35.5. The van der Waals surface area contributed by atoms with Gasteiger partial charge in [0.2, 0.25) is 0 Å². The van der Waals surface area contributed by atoms with Gasteiger partial charge < -0.3 is 20.3 Å². The molecule has 0 aliphatic heterocycles. The van der Waals surface area contributed by atoms with Gasteiger partial charge in [-0.05, 0) is 19.9 Å². The lowest BCUT2D eigenvalue weighted by molar-refractivity contribution is 0.101. The number of benzene rings is 1. The van der Waals surface area contributed by atoms with Gasteiger partial charge in [-0.2, -0.15) is 0 Å². The largest absolute Gasteiger partial charge is 0.493 e. The highest BCUT2D eigenvalue weighted by Gasteiger charge is 2.28. The smallest absolute Gasteiger partial charge is 0.405 e. The zero-order valence-electron chi connectivity index (χ0n) is 11.4. The molecule has 1 unspecified atom stereocenters. The topological polar surface area (TPSA) is 95.9 Å². The summed E-state index contributed by atoms with van der Waals surface area (Å²) in [6.07, 6.45) is -1.46. The first kappa shape index (κ1) is 17.2. The molecule has 0 heterocycles. The SMILES string of the molecule is CCOc1c(C(C)=O)cc(Cl)c(F)c1C(CO)NC(=O)O. The summed E-state index contributed by atoms with van der Waals surface area (Å²) < 4.78 is 19.5. The van der Waals surface area contributed by atoms with Gasteiger partial charge in [-0.25, -0.2) is 9.18 Å². The summed E-state index contributed by atoms with van der Waals surface area (Å²) in [5.41, 5.74) is -0.275. The van der Waals surface area contributed by atoms with E-state index in [0.717, 1.165) is 6.07 Å². The van der Waals surface area contributed by atoms with Crippen LogP contribution in [0.15, 0.2) is 6.07 Å². The van der Waals surface area contributed by atoms with Crippen molar-refractivity contribution in [2.45, 2.75) is 19.9 Å². The maximum absolute atomic E-state index is 14.2. The third-order valence-corrected chi connectivity index (χ3v) is 2.98. The third kappa shape index (κ3) is 3.83. The summed E-state index contributed by atoms with van der Waals surface area (Å²) in [6, 6.07) is -0.191. The Morgan fingerprint density at radius 2 is 2.14 bits per heavy atom. The number of carboxylic acid groups (broad SMARTS) is 1. The molecule has 1 aromatic carbocycles. The molecule has 0 aliphatic carbocycles. The van der Waals surface area contributed by atoms with E-state index in [-0.39, 0.29) is 28.5 Å². The van der Waals surface area contributed by atoms with E-state index in [0.29, 0.717) is 0 Å². The first-order valence-corrected chi connectivity index (χ1v) is 6.47. The van der Waals surface area contributed by atoms with E-state index in [4.69, 9.17) is 21.4 Å². The highest BCUT2D eigenvalue weighted by molar-refractivity contribution is 6.31. The van der Waals surface area contributed by atoms with Gasteiger partial charge in [-0.1, -0.05) is 11.6 Å². The fraction of sp³-hybridized carbons (Fsp3) is 0.385. The fourth-order valence-electron chi connectivity index (χ4n) is 1.86. The van der Waals surface area contributed by atoms with Crippen molar-refractivity contribution in [3.8, 4) is 5.75 Å². The van der Waals surface area contributed by atoms with E-state index >= 15 is 0 Å². The minimum absolute atomic E-state index is 0.0175. The number of amides is 1. The average Bonchev–Trinajstić information content (AvgIpc) is 2.40. The number of rotatable bonds is 6. The van der Waals surface area contributed by atoms with Gasteiger partial charge >= 0.3 is 6.09 Å². The van der Waals surface area contributed by atoms with Crippen LogP contribution in [0.2, 0.25) is 5.02 Å². The number of carbonyl (C=O) groups is 2. The van der Waals surface area contributed by atoms with E-state index in [9.17, 15) is 19.1 Å². The van der Waals surface area contributed by atoms with Crippen LogP contribution < -0.4 is 10.1 Å². The zero-order chi connectivity index (χ0) is 16.2. The molecule has 116 valence electrons. The van der Waals surface area contributed by atoms with Crippen LogP contribution in [-0.4, -0.2) is 35.3 Å². The zero-order valence-corrected chi connectivity index (χ0v) is 12.2. The van der Waals surface area contributed by atoms with Gasteiger partial charge in [0.25, 0.3) is 0 Å². The molecule has 0 aliphatic rings. The van der Waals surface area contributed by atoms with Crippen LogP contribution in [0.25, 0.3) is 0 Å². The lowest BCUT2D eigenvalue weighted by Gasteiger charge is -2.21. The molecule has 0 saturated carbocycles. The minimum atomic E-state index is -1.46. The maximum atomic E-state index is 14.2. The molecule has 0 fully saturated rings. The molecule has 3 N–H and O–H groups in total. The molecule has 8 heteroatoms. The Morgan fingerprint density at radius 3 is 2.57 bits per heavy atom. The number of ether oxygens (including phenoxy) is 1. The van der Waals surface area contributed by atoms with Crippen LogP contribution in [0, 0.1) is 5.82 Å². The fourth-order valence-corrected chi connectivity index (χ4v) is 2.07. The molecule has 1 atom stereocenters. The standard InChI is InChI=1S/C13H15ClFNO5/c1-3-21-12-7(6(2)18)4-8(14)11(15)10(12)9(5-17)16-13(19)20/h4,9,16-17H,3,5H2,1-2H3,(H,19,20). The van der Waals surface area contributed by atoms with Crippen molar-refractivity contribution < 1.29 is 28.9 Å². The molecule has 6 nitrogen and oxygen atoms in total. The summed E-state index contributed by atoms with van der Waals surface area (Å²) in [5.74, 6) is -1.49. The Labute approximate surface area is 125 Å². The Morgan fingerprint density at radius 1 is 1.52 bits per heavy atom. The highest BCUT2D eigenvalue weighted by Crippen LogP contribution is 2.36. The van der Waals surface area contributed by atoms with Crippen molar-refractivity contribution in [2.75, 3.05) is 13.2 Å². The van der Waals surface area contributed by atoms with Gasteiger partial charge in [0, 0.05) is 0 Å². The predicted molar refractivity (Wildman–Crippen MR) is 73.6 cm³/mol. The lowest BCUT2D eigenvalue weighted by atomic mass is 9.99. The molecule has 21 heavy (non-hydrogen) atoms. The monoisotopic (exact) mass is 319 g/mol. The quantitative estimate of drug-likeness (QED) is 0.700. The molecule has 0 spiro atoms. The van der Waals surface area contributed by atoms with Crippen molar-refractivity contribution in [1.82, 2.24) is 5.32 Å². The molecule has 1 rings (SSSR count). The summed E-state index contributed by atoms with van der Waals surface area (Å²) in [5, 5.41) is 19.6. The molecule has 1 amide bonds. The van der Waals surface area contributed by atoms with Crippen molar-refractivity contribution in [1.29, 1.82) is 0 Å². The molecular weight excluding hydrogens is 305 g/mol.